The number of amides is 1. The highest BCUT2D eigenvalue weighted by Gasteiger charge is 2.30. The van der Waals surface area contributed by atoms with E-state index in [-0.39, 0.29) is 29.3 Å². The Labute approximate surface area is 145 Å². The number of aromatic nitrogens is 4. The van der Waals surface area contributed by atoms with Gasteiger partial charge in [0.15, 0.2) is 0 Å². The summed E-state index contributed by atoms with van der Waals surface area (Å²) in [6, 6.07) is 5.18. The maximum absolute atomic E-state index is 12.7. The molecular formula is C18H19N5O2. The second-order valence-corrected chi connectivity index (χ2v) is 6.26. The van der Waals surface area contributed by atoms with Crippen molar-refractivity contribution in [1.82, 2.24) is 24.4 Å². The summed E-state index contributed by atoms with van der Waals surface area (Å²) < 4.78 is 3.83. The van der Waals surface area contributed by atoms with Crippen LogP contribution < -0.4 is 5.32 Å². The van der Waals surface area contributed by atoms with Crippen molar-refractivity contribution in [3.8, 4) is 11.4 Å². The van der Waals surface area contributed by atoms with Gasteiger partial charge in [-0.2, -0.15) is 0 Å². The molecule has 2 aromatic heterocycles. The predicted molar refractivity (Wildman–Crippen MR) is 91.6 cm³/mol. The van der Waals surface area contributed by atoms with Gasteiger partial charge in [0.25, 0.3) is 5.91 Å². The molecule has 0 bridgehead atoms. The van der Waals surface area contributed by atoms with Gasteiger partial charge in [-0.25, -0.2) is 9.97 Å². The minimum absolute atomic E-state index is 0.0259. The van der Waals surface area contributed by atoms with Crippen molar-refractivity contribution in [3.63, 3.8) is 0 Å². The Hall–Kier alpha value is -3.09. The Bertz CT molecular complexity index is 858. The molecule has 7 heteroatoms. The predicted octanol–water partition coefficient (Wildman–Crippen LogP) is 2.30. The molecule has 0 saturated heterocycles. The number of imidazole rings is 2. The number of hydrogen-bond donors (Lipinski definition) is 2. The standard InChI is InChI=1S/C18H19N5O2/c24-17-5-4-13(22-8-6-19-11-22)10-14(17)18(25)21-15-2-1-3-16(15)23-9-7-20-12-23/h4-12,15-16,24H,1-3H2,(H,21,25)/t15-,16+/m1/s1. The Morgan fingerprint density at radius 2 is 2.00 bits per heavy atom. The van der Waals surface area contributed by atoms with Crippen molar-refractivity contribution in [2.75, 3.05) is 0 Å². The van der Waals surface area contributed by atoms with Crippen LogP contribution >= 0.6 is 0 Å². The van der Waals surface area contributed by atoms with Crippen LogP contribution in [0.2, 0.25) is 0 Å². The van der Waals surface area contributed by atoms with Gasteiger partial charge in [-0.05, 0) is 37.5 Å². The van der Waals surface area contributed by atoms with Crippen molar-refractivity contribution < 1.29 is 9.90 Å². The van der Waals surface area contributed by atoms with Crippen LogP contribution in [-0.4, -0.2) is 36.2 Å². The third-order valence-electron chi connectivity index (χ3n) is 4.73. The topological polar surface area (TPSA) is 85.0 Å². The summed E-state index contributed by atoms with van der Waals surface area (Å²) in [4.78, 5) is 20.8. The second kappa shape index (κ2) is 6.43. The summed E-state index contributed by atoms with van der Waals surface area (Å²) in [7, 11) is 0. The van der Waals surface area contributed by atoms with Gasteiger partial charge in [0, 0.05) is 36.5 Å². The van der Waals surface area contributed by atoms with E-state index >= 15 is 0 Å². The van der Waals surface area contributed by atoms with Crippen molar-refractivity contribution in [3.05, 3.63) is 61.2 Å². The number of hydrogen-bond acceptors (Lipinski definition) is 4. The van der Waals surface area contributed by atoms with Gasteiger partial charge in [0.2, 0.25) is 0 Å². The first kappa shape index (κ1) is 15.4. The lowest BCUT2D eigenvalue weighted by molar-refractivity contribution is 0.0926. The molecule has 1 saturated carbocycles. The number of carbonyl (C=O) groups excluding carboxylic acids is 1. The number of carbonyl (C=O) groups is 1. The Morgan fingerprint density at radius 1 is 1.16 bits per heavy atom. The number of aromatic hydroxyl groups is 1. The van der Waals surface area contributed by atoms with Gasteiger partial charge in [0.05, 0.1) is 24.3 Å². The van der Waals surface area contributed by atoms with E-state index in [0.29, 0.717) is 0 Å². The van der Waals surface area contributed by atoms with Gasteiger partial charge in [-0.15, -0.1) is 0 Å². The zero-order valence-corrected chi connectivity index (χ0v) is 13.6. The quantitative estimate of drug-likeness (QED) is 0.765. The van der Waals surface area contributed by atoms with Crippen LogP contribution in [0.3, 0.4) is 0 Å². The van der Waals surface area contributed by atoms with E-state index in [1.54, 1.807) is 47.9 Å². The van der Waals surface area contributed by atoms with Gasteiger partial charge in [-0.1, -0.05) is 0 Å². The van der Waals surface area contributed by atoms with E-state index in [9.17, 15) is 9.90 Å². The monoisotopic (exact) mass is 337 g/mol. The highest BCUT2D eigenvalue weighted by molar-refractivity contribution is 5.97. The van der Waals surface area contributed by atoms with Crippen LogP contribution in [0.1, 0.15) is 35.7 Å². The van der Waals surface area contributed by atoms with Crippen LogP contribution in [0.15, 0.2) is 55.6 Å². The van der Waals surface area contributed by atoms with E-state index in [4.69, 9.17) is 0 Å². The minimum atomic E-state index is -0.267. The van der Waals surface area contributed by atoms with Crippen LogP contribution in [0.25, 0.3) is 5.69 Å². The lowest BCUT2D eigenvalue weighted by atomic mass is 10.1. The average molecular weight is 337 g/mol. The van der Waals surface area contributed by atoms with Gasteiger partial charge in [-0.3, -0.25) is 4.79 Å². The number of nitrogens with one attached hydrogen (secondary N) is 1. The Morgan fingerprint density at radius 3 is 2.76 bits per heavy atom. The highest BCUT2D eigenvalue weighted by Crippen LogP contribution is 2.30. The highest BCUT2D eigenvalue weighted by atomic mass is 16.3. The smallest absolute Gasteiger partial charge is 0.255 e. The Balaban J connectivity index is 1.56. The third kappa shape index (κ3) is 3.00. The fraction of sp³-hybridized carbons (Fsp3) is 0.278. The van der Waals surface area contributed by atoms with Crippen LogP contribution in [0.4, 0.5) is 0 Å². The van der Waals surface area contributed by atoms with Crippen molar-refractivity contribution in [2.24, 2.45) is 0 Å². The summed E-state index contributed by atoms with van der Waals surface area (Å²) in [5, 5.41) is 13.2. The molecule has 4 rings (SSSR count). The van der Waals surface area contributed by atoms with Gasteiger partial charge in [0.1, 0.15) is 5.75 Å². The summed E-state index contributed by atoms with van der Waals surface area (Å²) in [6.07, 6.45) is 13.5. The maximum atomic E-state index is 12.7. The molecule has 7 nitrogen and oxygen atoms in total. The largest absolute Gasteiger partial charge is 0.507 e. The number of phenols is 1. The molecule has 0 unspecified atom stereocenters. The van der Waals surface area contributed by atoms with E-state index in [1.807, 2.05) is 10.8 Å². The molecule has 0 radical (unpaired) electrons. The van der Waals surface area contributed by atoms with E-state index in [0.717, 1.165) is 24.9 Å². The van der Waals surface area contributed by atoms with Crippen molar-refractivity contribution in [2.45, 2.75) is 31.3 Å². The summed E-state index contributed by atoms with van der Waals surface area (Å²) in [5.41, 5.74) is 1.04. The molecule has 1 amide bonds. The maximum Gasteiger partial charge on any atom is 0.255 e. The van der Waals surface area contributed by atoms with E-state index in [2.05, 4.69) is 15.3 Å². The van der Waals surface area contributed by atoms with Crippen LogP contribution in [-0.2, 0) is 0 Å². The zero-order chi connectivity index (χ0) is 17.2. The average Bonchev–Trinajstić information content (AvgIpc) is 3.37. The first-order valence-electron chi connectivity index (χ1n) is 8.32. The molecule has 128 valence electrons. The van der Waals surface area contributed by atoms with Crippen molar-refractivity contribution >= 4 is 5.91 Å². The first-order valence-corrected chi connectivity index (χ1v) is 8.32. The molecule has 3 aromatic rings. The third-order valence-corrected chi connectivity index (χ3v) is 4.73. The SMILES string of the molecule is O=C(N[C@@H]1CCC[C@@H]1n1ccnc1)c1cc(-n2ccnc2)ccc1O. The van der Waals surface area contributed by atoms with Crippen LogP contribution in [0, 0.1) is 0 Å². The molecule has 1 fully saturated rings. The molecule has 1 aliphatic carbocycles. The Kier molecular flexibility index (Phi) is 3.97. The molecule has 1 aliphatic rings. The van der Waals surface area contributed by atoms with Gasteiger partial charge < -0.3 is 19.6 Å². The van der Waals surface area contributed by atoms with Gasteiger partial charge >= 0.3 is 0 Å². The summed E-state index contributed by atoms with van der Waals surface area (Å²) in [6.45, 7) is 0. The van der Waals surface area contributed by atoms with E-state index < -0.39 is 0 Å². The van der Waals surface area contributed by atoms with Crippen LogP contribution in [0.5, 0.6) is 5.75 Å². The minimum Gasteiger partial charge on any atom is -0.507 e. The fourth-order valence-corrected chi connectivity index (χ4v) is 3.46. The molecule has 2 N–H and O–H groups in total. The molecule has 2 atom stereocenters. The number of benzene rings is 1. The second-order valence-electron chi connectivity index (χ2n) is 6.26. The summed E-state index contributed by atoms with van der Waals surface area (Å²) in [5.74, 6) is -0.296. The number of nitrogens with zero attached hydrogens (tertiary/aromatic N) is 4. The molecule has 25 heavy (non-hydrogen) atoms. The van der Waals surface area contributed by atoms with Crippen molar-refractivity contribution in [1.29, 1.82) is 0 Å². The molecule has 0 spiro atoms. The number of phenolic OH excluding ortho intramolecular Hbond substituents is 1. The molecule has 0 aliphatic heterocycles. The zero-order valence-electron chi connectivity index (χ0n) is 13.6. The molecule has 2 heterocycles. The summed E-state index contributed by atoms with van der Waals surface area (Å²) >= 11 is 0. The lowest BCUT2D eigenvalue weighted by Gasteiger charge is -2.22. The lowest BCUT2D eigenvalue weighted by Crippen LogP contribution is -2.38. The fourth-order valence-electron chi connectivity index (χ4n) is 3.46. The molecular weight excluding hydrogens is 318 g/mol. The normalized spacial score (nSPS) is 19.8. The number of rotatable bonds is 4. The first-order chi connectivity index (χ1) is 12.2. The van der Waals surface area contributed by atoms with E-state index in [1.165, 1.54) is 6.07 Å². The molecule has 1 aromatic carbocycles.